The predicted octanol–water partition coefficient (Wildman–Crippen LogP) is 1.92. The number of nitrogens with two attached hydrogens (primary N) is 1. The lowest BCUT2D eigenvalue weighted by atomic mass is 10.1. The second-order valence-corrected chi connectivity index (χ2v) is 3.00. The Hall–Kier alpha value is -0.920. The van der Waals surface area contributed by atoms with Gasteiger partial charge in [-0.25, -0.2) is 4.39 Å². The molecular weight excluding hydrogens is 223 g/mol. The SMILES string of the molecule is N#Cc1ccc(F)c(Br)c1CN. The van der Waals surface area contributed by atoms with Crippen molar-refractivity contribution in [3.63, 3.8) is 0 Å². The van der Waals surface area contributed by atoms with E-state index in [-0.39, 0.29) is 11.0 Å². The Morgan fingerprint density at radius 1 is 1.58 bits per heavy atom. The second-order valence-electron chi connectivity index (χ2n) is 2.20. The van der Waals surface area contributed by atoms with Crippen molar-refractivity contribution >= 4 is 15.9 Å². The van der Waals surface area contributed by atoms with Gasteiger partial charge in [0.25, 0.3) is 0 Å². The third-order valence-corrected chi connectivity index (χ3v) is 2.38. The second kappa shape index (κ2) is 3.65. The van der Waals surface area contributed by atoms with E-state index in [2.05, 4.69) is 15.9 Å². The number of benzene rings is 1. The van der Waals surface area contributed by atoms with E-state index in [9.17, 15) is 4.39 Å². The Labute approximate surface area is 77.9 Å². The molecule has 0 unspecified atom stereocenters. The van der Waals surface area contributed by atoms with Crippen LogP contribution in [0.5, 0.6) is 0 Å². The number of nitrogens with zero attached hydrogens (tertiary/aromatic N) is 1. The fraction of sp³-hybridized carbons (Fsp3) is 0.125. The summed E-state index contributed by atoms with van der Waals surface area (Å²) >= 11 is 3.03. The summed E-state index contributed by atoms with van der Waals surface area (Å²) in [5, 5.41) is 8.62. The molecule has 2 N–H and O–H groups in total. The van der Waals surface area contributed by atoms with Crippen molar-refractivity contribution in [2.45, 2.75) is 6.54 Å². The number of nitriles is 1. The van der Waals surface area contributed by atoms with E-state index >= 15 is 0 Å². The van der Waals surface area contributed by atoms with Gasteiger partial charge in [0.15, 0.2) is 0 Å². The summed E-state index contributed by atoms with van der Waals surface area (Å²) in [5.41, 5.74) is 6.27. The van der Waals surface area contributed by atoms with E-state index in [0.29, 0.717) is 11.1 Å². The maximum Gasteiger partial charge on any atom is 0.137 e. The lowest BCUT2D eigenvalue weighted by Gasteiger charge is -2.03. The molecular formula is C8H6BrFN2. The van der Waals surface area contributed by atoms with Gasteiger partial charge in [-0.05, 0) is 28.1 Å². The van der Waals surface area contributed by atoms with Gasteiger partial charge in [-0.1, -0.05) is 0 Å². The van der Waals surface area contributed by atoms with Gasteiger partial charge in [0, 0.05) is 12.1 Å². The summed E-state index contributed by atoms with van der Waals surface area (Å²) in [4.78, 5) is 0. The van der Waals surface area contributed by atoms with Gasteiger partial charge in [0.1, 0.15) is 5.82 Å². The molecule has 0 heterocycles. The maximum absolute atomic E-state index is 12.9. The van der Waals surface area contributed by atoms with E-state index in [1.165, 1.54) is 12.1 Å². The van der Waals surface area contributed by atoms with Crippen molar-refractivity contribution < 1.29 is 4.39 Å². The van der Waals surface area contributed by atoms with Crippen LogP contribution in [0.25, 0.3) is 0 Å². The molecule has 1 aromatic carbocycles. The third-order valence-electron chi connectivity index (χ3n) is 1.52. The first kappa shape index (κ1) is 9.17. The molecule has 0 aliphatic heterocycles. The molecule has 2 nitrogen and oxygen atoms in total. The summed E-state index contributed by atoms with van der Waals surface area (Å²) in [7, 11) is 0. The van der Waals surface area contributed by atoms with Crippen LogP contribution in [0.15, 0.2) is 16.6 Å². The quantitative estimate of drug-likeness (QED) is 0.799. The molecule has 0 aromatic heterocycles. The molecule has 0 bridgehead atoms. The molecule has 0 fully saturated rings. The summed E-state index contributed by atoms with van der Waals surface area (Å²) in [6.07, 6.45) is 0. The minimum Gasteiger partial charge on any atom is -0.326 e. The van der Waals surface area contributed by atoms with Gasteiger partial charge in [-0.3, -0.25) is 0 Å². The lowest BCUT2D eigenvalue weighted by molar-refractivity contribution is 0.618. The Morgan fingerprint density at radius 2 is 2.25 bits per heavy atom. The van der Waals surface area contributed by atoms with Gasteiger partial charge in [-0.15, -0.1) is 0 Å². The Balaban J connectivity index is 3.38. The van der Waals surface area contributed by atoms with E-state index in [0.717, 1.165) is 0 Å². The Kier molecular flexibility index (Phi) is 2.79. The lowest BCUT2D eigenvalue weighted by Crippen LogP contribution is -2.02. The highest BCUT2D eigenvalue weighted by molar-refractivity contribution is 9.10. The first-order valence-corrected chi connectivity index (χ1v) is 4.07. The summed E-state index contributed by atoms with van der Waals surface area (Å²) in [6.45, 7) is 0.154. The van der Waals surface area contributed by atoms with Gasteiger partial charge in [0.05, 0.1) is 16.1 Å². The maximum atomic E-state index is 12.9. The Morgan fingerprint density at radius 3 is 2.75 bits per heavy atom. The van der Waals surface area contributed by atoms with Crippen molar-refractivity contribution in [1.82, 2.24) is 0 Å². The number of halogens is 2. The van der Waals surface area contributed by atoms with Crippen LogP contribution in [0, 0.1) is 17.1 Å². The fourth-order valence-electron chi connectivity index (χ4n) is 0.897. The molecule has 1 rings (SSSR count). The fourth-order valence-corrected chi connectivity index (χ4v) is 1.40. The topological polar surface area (TPSA) is 49.8 Å². The van der Waals surface area contributed by atoms with Gasteiger partial charge < -0.3 is 5.73 Å². The standard InChI is InChI=1S/C8H6BrFN2/c9-8-6(4-12)5(3-11)1-2-7(8)10/h1-2H,4,12H2. The van der Waals surface area contributed by atoms with Crippen molar-refractivity contribution in [2.75, 3.05) is 0 Å². The molecule has 4 heteroatoms. The number of rotatable bonds is 1. The number of hydrogen-bond acceptors (Lipinski definition) is 2. The highest BCUT2D eigenvalue weighted by Gasteiger charge is 2.08. The zero-order valence-electron chi connectivity index (χ0n) is 6.14. The van der Waals surface area contributed by atoms with Crippen LogP contribution in [-0.2, 0) is 6.54 Å². The summed E-state index contributed by atoms with van der Waals surface area (Å²) in [6, 6.07) is 4.59. The molecule has 0 saturated carbocycles. The molecule has 0 atom stereocenters. The van der Waals surface area contributed by atoms with Gasteiger partial charge in [0.2, 0.25) is 0 Å². The van der Waals surface area contributed by atoms with Crippen molar-refractivity contribution in [3.8, 4) is 6.07 Å². The van der Waals surface area contributed by atoms with Crippen LogP contribution in [0.4, 0.5) is 4.39 Å². The molecule has 62 valence electrons. The van der Waals surface area contributed by atoms with Crippen molar-refractivity contribution in [2.24, 2.45) is 5.73 Å². The van der Waals surface area contributed by atoms with Crippen LogP contribution < -0.4 is 5.73 Å². The minimum absolute atomic E-state index is 0.154. The van der Waals surface area contributed by atoms with Crippen molar-refractivity contribution in [3.05, 3.63) is 33.5 Å². The van der Waals surface area contributed by atoms with Crippen molar-refractivity contribution in [1.29, 1.82) is 5.26 Å². The average molecular weight is 229 g/mol. The number of hydrogen-bond donors (Lipinski definition) is 1. The highest BCUT2D eigenvalue weighted by atomic mass is 79.9. The van der Waals surface area contributed by atoms with E-state index in [1.54, 1.807) is 0 Å². The average Bonchev–Trinajstić information content (AvgIpc) is 2.09. The van der Waals surface area contributed by atoms with Crippen LogP contribution >= 0.6 is 15.9 Å². The molecule has 0 aliphatic carbocycles. The highest BCUT2D eigenvalue weighted by Crippen LogP contribution is 2.23. The van der Waals surface area contributed by atoms with Crippen LogP contribution in [0.1, 0.15) is 11.1 Å². The molecule has 0 spiro atoms. The van der Waals surface area contributed by atoms with E-state index in [1.807, 2.05) is 6.07 Å². The third kappa shape index (κ3) is 1.47. The zero-order chi connectivity index (χ0) is 9.14. The van der Waals surface area contributed by atoms with Crippen LogP contribution in [0.3, 0.4) is 0 Å². The monoisotopic (exact) mass is 228 g/mol. The summed E-state index contributed by atoms with van der Waals surface area (Å²) in [5.74, 6) is -0.394. The van der Waals surface area contributed by atoms with Gasteiger partial charge in [-0.2, -0.15) is 5.26 Å². The minimum atomic E-state index is -0.394. The molecule has 0 amide bonds. The molecule has 0 saturated heterocycles. The van der Waals surface area contributed by atoms with Crippen LogP contribution in [0.2, 0.25) is 0 Å². The van der Waals surface area contributed by atoms with E-state index in [4.69, 9.17) is 11.0 Å². The first-order valence-electron chi connectivity index (χ1n) is 3.27. The molecule has 0 aliphatic rings. The van der Waals surface area contributed by atoms with E-state index < -0.39 is 5.82 Å². The largest absolute Gasteiger partial charge is 0.326 e. The molecule has 0 radical (unpaired) electrons. The molecule has 1 aromatic rings. The Bertz CT molecular complexity index is 344. The predicted molar refractivity (Wildman–Crippen MR) is 46.7 cm³/mol. The summed E-state index contributed by atoms with van der Waals surface area (Å²) < 4.78 is 13.2. The smallest absolute Gasteiger partial charge is 0.137 e. The normalized spacial score (nSPS) is 9.50. The molecule has 12 heavy (non-hydrogen) atoms. The van der Waals surface area contributed by atoms with Crippen LogP contribution in [-0.4, -0.2) is 0 Å². The zero-order valence-corrected chi connectivity index (χ0v) is 7.73. The first-order chi connectivity index (χ1) is 5.70. The van der Waals surface area contributed by atoms with Gasteiger partial charge >= 0.3 is 0 Å².